The molecule has 1 heteroatoms. The van der Waals surface area contributed by atoms with E-state index in [9.17, 15) is 0 Å². The molecule has 0 radical (unpaired) electrons. The van der Waals surface area contributed by atoms with Crippen molar-refractivity contribution in [3.05, 3.63) is 137 Å². The normalized spacial score (nSPS) is 11.6. The summed E-state index contributed by atoms with van der Waals surface area (Å²) < 4.78 is 0. The minimum Gasteiger partial charge on any atom is -0.0616 e. The summed E-state index contributed by atoms with van der Waals surface area (Å²) in [6, 6.07) is 38.7. The smallest absolute Gasteiger partial charge is 0.00155 e. The number of fused-ring (bicyclic) bond motifs is 2. The molecular weight excluding hydrogens is 487 g/mol. The van der Waals surface area contributed by atoms with Crippen molar-refractivity contribution >= 4 is 45.4 Å². The quantitative estimate of drug-likeness (QED) is 0.202. The van der Waals surface area contributed by atoms with Crippen molar-refractivity contribution in [3.63, 3.8) is 0 Å². The first-order valence-electron chi connectivity index (χ1n) is 13.8. The molecule has 0 N–H and O–H groups in total. The molecule has 0 atom stereocenters. The van der Waals surface area contributed by atoms with E-state index in [2.05, 4.69) is 145 Å². The van der Waals surface area contributed by atoms with E-state index in [1.165, 1.54) is 82.0 Å². The maximum absolute atomic E-state index is 2.43. The van der Waals surface area contributed by atoms with Gasteiger partial charge < -0.3 is 0 Å². The van der Waals surface area contributed by atoms with Gasteiger partial charge >= 0.3 is 0 Å². The summed E-state index contributed by atoms with van der Waals surface area (Å²) in [5.41, 5.74) is 11.0. The Balaban J connectivity index is 1.78. The highest BCUT2D eigenvalue weighted by molar-refractivity contribution is 7.80. The molecule has 0 saturated heterocycles. The second kappa shape index (κ2) is 10.1. The van der Waals surface area contributed by atoms with Crippen LogP contribution in [-0.2, 0) is 0 Å². The zero-order valence-corrected chi connectivity index (χ0v) is 24.7. The first kappa shape index (κ1) is 25.5. The Morgan fingerprint density at radius 2 is 0.872 bits per heavy atom. The van der Waals surface area contributed by atoms with Gasteiger partial charge in [-0.3, -0.25) is 0 Å². The van der Waals surface area contributed by atoms with Crippen molar-refractivity contribution in [3.8, 4) is 11.1 Å². The van der Waals surface area contributed by atoms with E-state index in [0.29, 0.717) is 0 Å². The number of benzene rings is 6. The van der Waals surface area contributed by atoms with Gasteiger partial charge in [0.2, 0.25) is 0 Å². The zero-order chi connectivity index (χ0) is 27.3. The number of hydrogen-bond donors (Lipinski definition) is 0. The van der Waals surface area contributed by atoms with Gasteiger partial charge in [-0.25, -0.2) is 0 Å². The van der Waals surface area contributed by atoms with E-state index in [1.807, 2.05) is 0 Å². The fourth-order valence-electron chi connectivity index (χ4n) is 5.93. The predicted octanol–water partition coefficient (Wildman–Crippen LogP) is 9.27. The first-order chi connectivity index (χ1) is 18.9. The average Bonchev–Trinajstić information content (AvgIpc) is 2.96. The van der Waals surface area contributed by atoms with Crippen LogP contribution in [0.3, 0.4) is 0 Å². The molecule has 0 aliphatic rings. The van der Waals surface area contributed by atoms with Crippen LogP contribution in [0, 0.1) is 41.5 Å². The van der Waals surface area contributed by atoms with Gasteiger partial charge in [0.05, 0.1) is 0 Å². The molecule has 6 aromatic rings. The van der Waals surface area contributed by atoms with Crippen LogP contribution in [0.15, 0.2) is 103 Å². The molecule has 0 saturated carbocycles. The van der Waals surface area contributed by atoms with Gasteiger partial charge in [0.25, 0.3) is 0 Å². The van der Waals surface area contributed by atoms with Crippen LogP contribution in [0.4, 0.5) is 0 Å². The molecule has 0 aliphatic heterocycles. The van der Waals surface area contributed by atoms with Crippen molar-refractivity contribution in [2.45, 2.75) is 41.5 Å². The monoisotopic (exact) mass is 522 g/mol. The van der Waals surface area contributed by atoms with Gasteiger partial charge in [-0.15, -0.1) is 0 Å². The van der Waals surface area contributed by atoms with Gasteiger partial charge in [-0.1, -0.05) is 103 Å². The molecule has 0 amide bonds. The lowest BCUT2D eigenvalue weighted by molar-refractivity contribution is 1.28. The van der Waals surface area contributed by atoms with Crippen LogP contribution in [0.5, 0.6) is 0 Å². The Morgan fingerprint density at radius 1 is 0.385 bits per heavy atom. The third kappa shape index (κ3) is 4.28. The van der Waals surface area contributed by atoms with E-state index >= 15 is 0 Å². The van der Waals surface area contributed by atoms with Crippen molar-refractivity contribution < 1.29 is 0 Å². The summed E-state index contributed by atoms with van der Waals surface area (Å²) in [5, 5.41) is 9.53. The third-order valence-corrected chi connectivity index (χ3v) is 11.5. The minimum absolute atomic E-state index is 0.818. The van der Waals surface area contributed by atoms with E-state index in [4.69, 9.17) is 0 Å². The highest BCUT2D eigenvalue weighted by Gasteiger charge is 2.26. The minimum atomic E-state index is -0.818. The van der Waals surface area contributed by atoms with Crippen LogP contribution >= 0.6 is 7.92 Å². The summed E-state index contributed by atoms with van der Waals surface area (Å²) in [4.78, 5) is 0. The Bertz CT molecular complexity index is 1810. The lowest BCUT2D eigenvalue weighted by Crippen LogP contribution is -2.27. The van der Waals surface area contributed by atoms with Crippen LogP contribution in [-0.4, -0.2) is 0 Å². The molecule has 0 fully saturated rings. The Morgan fingerprint density at radius 3 is 1.49 bits per heavy atom. The van der Waals surface area contributed by atoms with Gasteiger partial charge in [0.15, 0.2) is 0 Å². The highest BCUT2D eigenvalue weighted by atomic mass is 31.1. The van der Waals surface area contributed by atoms with Crippen molar-refractivity contribution in [1.82, 2.24) is 0 Å². The van der Waals surface area contributed by atoms with E-state index in [0.717, 1.165) is 0 Å². The molecule has 0 heterocycles. The van der Waals surface area contributed by atoms with Crippen LogP contribution in [0.1, 0.15) is 33.4 Å². The van der Waals surface area contributed by atoms with E-state index < -0.39 is 7.92 Å². The zero-order valence-electron chi connectivity index (χ0n) is 23.8. The molecule has 0 unspecified atom stereocenters. The lowest BCUT2D eigenvalue weighted by Gasteiger charge is -2.28. The van der Waals surface area contributed by atoms with E-state index in [1.54, 1.807) is 0 Å². The first-order valence-corrected chi connectivity index (χ1v) is 15.1. The maximum Gasteiger partial charge on any atom is -0.00155 e. The summed E-state index contributed by atoms with van der Waals surface area (Å²) in [6.45, 7) is 13.7. The summed E-state index contributed by atoms with van der Waals surface area (Å²) >= 11 is 0. The fraction of sp³-hybridized carbons (Fsp3) is 0.158. The Labute approximate surface area is 234 Å². The molecule has 6 rings (SSSR count). The summed E-state index contributed by atoms with van der Waals surface area (Å²) in [7, 11) is -0.818. The van der Waals surface area contributed by atoms with Crippen LogP contribution in [0.25, 0.3) is 32.7 Å². The van der Waals surface area contributed by atoms with Crippen molar-refractivity contribution in [1.29, 1.82) is 0 Å². The molecule has 0 nitrogen and oxygen atoms in total. The summed E-state index contributed by atoms with van der Waals surface area (Å²) in [6.07, 6.45) is 0. The van der Waals surface area contributed by atoms with Gasteiger partial charge in [-0.05, 0) is 131 Å². The van der Waals surface area contributed by atoms with Gasteiger partial charge in [-0.2, -0.15) is 0 Å². The van der Waals surface area contributed by atoms with Crippen LogP contribution in [0.2, 0.25) is 0 Å². The molecule has 0 aromatic heterocycles. The maximum atomic E-state index is 2.43. The fourth-order valence-corrected chi connectivity index (χ4v) is 8.85. The predicted molar refractivity (Wildman–Crippen MR) is 174 cm³/mol. The highest BCUT2D eigenvalue weighted by Crippen LogP contribution is 2.44. The second-order valence-corrected chi connectivity index (χ2v) is 13.0. The third-order valence-electron chi connectivity index (χ3n) is 8.75. The number of rotatable bonds is 4. The Kier molecular flexibility index (Phi) is 6.62. The molecule has 0 bridgehead atoms. The topological polar surface area (TPSA) is 0 Å². The van der Waals surface area contributed by atoms with Crippen LogP contribution < -0.4 is 15.9 Å². The van der Waals surface area contributed by atoms with Gasteiger partial charge in [0, 0.05) is 0 Å². The molecule has 192 valence electrons. The SMILES string of the molecule is Cc1ccc(P(c2ccc(C)c(C)c2C)c2ccc3ccccc3c2-c2cccc3ccccc23)c(C)c1C. The standard InChI is InChI=1S/C38H35P/c1-24-18-21-35(28(5)26(24)3)39(36-22-19-25(2)27(4)29(36)6)37-23-20-31-13-8-10-16-33(31)38(37)34-17-11-14-30-12-7-9-15-32(30)34/h7-23H,1-6H3. The number of hydrogen-bond acceptors (Lipinski definition) is 0. The largest absolute Gasteiger partial charge is 0.0616 e. The number of aryl methyl sites for hydroxylation is 2. The molecule has 39 heavy (non-hydrogen) atoms. The second-order valence-electron chi connectivity index (χ2n) is 10.8. The molecule has 6 aromatic carbocycles. The molecule has 0 spiro atoms. The average molecular weight is 523 g/mol. The van der Waals surface area contributed by atoms with Gasteiger partial charge in [0.1, 0.15) is 0 Å². The lowest BCUT2D eigenvalue weighted by atomic mass is 9.94. The van der Waals surface area contributed by atoms with Crippen molar-refractivity contribution in [2.75, 3.05) is 0 Å². The van der Waals surface area contributed by atoms with E-state index in [-0.39, 0.29) is 0 Å². The van der Waals surface area contributed by atoms with Crippen molar-refractivity contribution in [2.24, 2.45) is 0 Å². The molecule has 0 aliphatic carbocycles. The summed E-state index contributed by atoms with van der Waals surface area (Å²) in [5.74, 6) is 0. The molecular formula is C38H35P. The Hall–Kier alpha value is -3.73.